The van der Waals surface area contributed by atoms with Crippen molar-refractivity contribution in [3.8, 4) is 0 Å². The average Bonchev–Trinajstić information content (AvgIpc) is 3.62. The molecule has 0 saturated carbocycles. The predicted octanol–water partition coefficient (Wildman–Crippen LogP) is 5.42. The van der Waals surface area contributed by atoms with Crippen LogP contribution >= 0.6 is 36.7 Å². The zero-order valence-corrected chi connectivity index (χ0v) is 25.0. The first-order valence-electron chi connectivity index (χ1n) is 12.7. The van der Waals surface area contributed by atoms with Gasteiger partial charge in [0.1, 0.15) is 5.69 Å². The van der Waals surface area contributed by atoms with Crippen molar-refractivity contribution >= 4 is 66.4 Å². The monoisotopic (exact) mass is 613 g/mol. The number of hydrogen-bond donors (Lipinski definition) is 2. The van der Waals surface area contributed by atoms with Gasteiger partial charge in [0, 0.05) is 30.3 Å². The Morgan fingerprint density at radius 1 is 1.15 bits per heavy atom. The Kier molecular flexibility index (Phi) is 7.67. The Balaban J connectivity index is 0.00000337. The highest BCUT2D eigenvalue weighted by Crippen LogP contribution is 2.40. The SMILES string of the molecule is CC1(C)OB(O)c2cc(CNC(=O)c3ccc(C4=NO[C@](C)(c5cc(Cl)c(F)c(Cl)c5)C4)c4cccn34)ccc21.S. The molecule has 0 spiro atoms. The molecule has 2 N–H and O–H groups in total. The molecule has 7 nitrogen and oxygen atoms in total. The topological polar surface area (TPSA) is 84.6 Å². The molecule has 0 saturated heterocycles. The van der Waals surface area contributed by atoms with Crippen LogP contribution in [0.15, 0.2) is 65.9 Å². The van der Waals surface area contributed by atoms with E-state index in [-0.39, 0.29) is 36.0 Å². The number of halogens is 3. The van der Waals surface area contributed by atoms with Gasteiger partial charge in [0.2, 0.25) is 0 Å². The molecule has 2 aromatic heterocycles. The molecule has 1 amide bonds. The first kappa shape index (κ1) is 29.5. The van der Waals surface area contributed by atoms with Crippen molar-refractivity contribution in [1.29, 1.82) is 0 Å². The number of carbonyl (C=O) groups is 1. The summed E-state index contributed by atoms with van der Waals surface area (Å²) in [5.41, 5.74) is 4.37. The Morgan fingerprint density at radius 3 is 2.61 bits per heavy atom. The summed E-state index contributed by atoms with van der Waals surface area (Å²) in [6.45, 7) is 5.94. The number of hydrogen-bond acceptors (Lipinski definition) is 5. The van der Waals surface area contributed by atoms with Gasteiger partial charge in [-0.15, -0.1) is 0 Å². The molecule has 212 valence electrons. The third-order valence-corrected chi connectivity index (χ3v) is 8.13. The van der Waals surface area contributed by atoms with Crippen LogP contribution in [0, 0.1) is 5.82 Å². The van der Waals surface area contributed by atoms with Gasteiger partial charge >= 0.3 is 7.12 Å². The third kappa shape index (κ3) is 5.12. The molecule has 12 heteroatoms. The van der Waals surface area contributed by atoms with E-state index in [1.807, 2.05) is 63.4 Å². The van der Waals surface area contributed by atoms with Crippen molar-refractivity contribution in [2.75, 3.05) is 0 Å². The van der Waals surface area contributed by atoms with Crippen molar-refractivity contribution in [3.63, 3.8) is 0 Å². The number of carbonyl (C=O) groups excluding carboxylic acids is 1. The van der Waals surface area contributed by atoms with E-state index >= 15 is 0 Å². The van der Waals surface area contributed by atoms with Gasteiger partial charge in [0.15, 0.2) is 11.4 Å². The summed E-state index contributed by atoms with van der Waals surface area (Å²) in [7, 11) is -0.992. The first-order chi connectivity index (χ1) is 19.0. The zero-order chi connectivity index (χ0) is 28.4. The zero-order valence-electron chi connectivity index (χ0n) is 22.5. The molecule has 0 fully saturated rings. The second-order valence-corrected chi connectivity index (χ2v) is 11.6. The second kappa shape index (κ2) is 10.7. The van der Waals surface area contributed by atoms with E-state index in [2.05, 4.69) is 10.5 Å². The number of nitrogens with zero attached hydrogens (tertiary/aromatic N) is 2. The molecule has 0 unspecified atom stereocenters. The van der Waals surface area contributed by atoms with E-state index in [0.717, 1.165) is 22.2 Å². The van der Waals surface area contributed by atoms with Crippen molar-refractivity contribution < 1.29 is 23.7 Å². The smallest absolute Gasteiger partial charge is 0.423 e. The maximum absolute atomic E-state index is 14.0. The van der Waals surface area contributed by atoms with E-state index in [0.29, 0.717) is 28.9 Å². The average molecular weight is 614 g/mol. The highest BCUT2D eigenvalue weighted by Gasteiger charge is 2.41. The lowest BCUT2D eigenvalue weighted by molar-refractivity contribution is -0.00742. The Morgan fingerprint density at radius 2 is 1.88 bits per heavy atom. The number of rotatable bonds is 5. The van der Waals surface area contributed by atoms with Crippen LogP contribution in [0.5, 0.6) is 0 Å². The van der Waals surface area contributed by atoms with E-state index in [1.54, 1.807) is 10.5 Å². The summed E-state index contributed by atoms with van der Waals surface area (Å²) in [5.74, 6) is -0.930. The number of pyridine rings is 1. The quantitative estimate of drug-likeness (QED) is 0.233. The fraction of sp³-hybridized carbons (Fsp3) is 0.241. The van der Waals surface area contributed by atoms with Gasteiger partial charge in [-0.2, -0.15) is 13.5 Å². The van der Waals surface area contributed by atoms with Gasteiger partial charge in [0.25, 0.3) is 5.91 Å². The van der Waals surface area contributed by atoms with Crippen LogP contribution in [0.2, 0.25) is 10.0 Å². The van der Waals surface area contributed by atoms with Crippen molar-refractivity contribution in [1.82, 2.24) is 9.72 Å². The first-order valence-corrected chi connectivity index (χ1v) is 13.5. The van der Waals surface area contributed by atoms with Gasteiger partial charge in [-0.25, -0.2) is 4.39 Å². The lowest BCUT2D eigenvalue weighted by Crippen LogP contribution is -2.30. The van der Waals surface area contributed by atoms with Gasteiger partial charge < -0.3 is 24.2 Å². The van der Waals surface area contributed by atoms with Crippen molar-refractivity contribution in [2.45, 2.75) is 44.9 Å². The molecule has 2 aliphatic heterocycles. The molecule has 6 rings (SSSR count). The fourth-order valence-electron chi connectivity index (χ4n) is 5.42. The molecule has 2 aromatic carbocycles. The minimum Gasteiger partial charge on any atom is -0.423 e. The number of benzene rings is 2. The minimum absolute atomic E-state index is 0. The maximum atomic E-state index is 14.0. The molecule has 0 bridgehead atoms. The molecule has 2 aliphatic rings. The van der Waals surface area contributed by atoms with Crippen LogP contribution in [0.25, 0.3) is 5.52 Å². The number of aromatic nitrogens is 1. The Bertz CT molecular complexity index is 1710. The number of oxime groups is 1. The van der Waals surface area contributed by atoms with Crippen LogP contribution in [0.3, 0.4) is 0 Å². The number of amides is 1. The fourth-order valence-corrected chi connectivity index (χ4v) is 5.91. The maximum Gasteiger partial charge on any atom is 0.492 e. The molecule has 0 radical (unpaired) electrons. The van der Waals surface area contributed by atoms with Gasteiger partial charge in [0.05, 0.1) is 26.9 Å². The molecule has 1 atom stereocenters. The molecule has 4 heterocycles. The van der Waals surface area contributed by atoms with E-state index in [1.165, 1.54) is 12.1 Å². The Labute approximate surface area is 253 Å². The summed E-state index contributed by atoms with van der Waals surface area (Å²) in [6.07, 6.45) is 2.20. The lowest BCUT2D eigenvalue weighted by Gasteiger charge is -2.22. The van der Waals surface area contributed by atoms with Crippen LogP contribution in [0.1, 0.15) is 59.9 Å². The van der Waals surface area contributed by atoms with Crippen molar-refractivity contribution in [2.24, 2.45) is 5.16 Å². The van der Waals surface area contributed by atoms with Gasteiger partial charge in [-0.05, 0) is 73.8 Å². The van der Waals surface area contributed by atoms with Crippen molar-refractivity contribution in [3.05, 3.63) is 105 Å². The third-order valence-electron chi connectivity index (χ3n) is 7.58. The van der Waals surface area contributed by atoms with E-state index in [4.69, 9.17) is 32.7 Å². The second-order valence-electron chi connectivity index (χ2n) is 10.8. The minimum atomic E-state index is -0.992. The highest BCUT2D eigenvalue weighted by molar-refractivity contribution is 7.59. The molecule has 4 aromatic rings. The highest BCUT2D eigenvalue weighted by atomic mass is 35.5. The summed E-state index contributed by atoms with van der Waals surface area (Å²) in [4.78, 5) is 19.0. The van der Waals surface area contributed by atoms with Gasteiger partial charge in [-0.3, -0.25) is 4.79 Å². The number of fused-ring (bicyclic) bond motifs is 2. The molecule has 41 heavy (non-hydrogen) atoms. The van der Waals surface area contributed by atoms with Crippen LogP contribution < -0.4 is 10.8 Å². The molecular weight excluding hydrogens is 587 g/mol. The summed E-state index contributed by atoms with van der Waals surface area (Å²) >= 11 is 12.0. The lowest BCUT2D eigenvalue weighted by atomic mass is 9.77. The van der Waals surface area contributed by atoms with Crippen LogP contribution in [-0.4, -0.2) is 28.2 Å². The largest absolute Gasteiger partial charge is 0.492 e. The molecular formula is C29H27BCl2FN3O4S. The standard InChI is InChI=1S/C29H25BCl2FN3O4.H2S/c1-28(2)19-8-6-16(11-20(19)30(38)39-28)15-34-27(37)25-9-7-18(24-5-4-10-36(24)25)23-14-29(3,40-35-23)17-12-21(31)26(33)22(32)13-17;/h4-13,38H,14-15H2,1-3H3,(H,34,37);1H2/t29-;/m0./s1. The summed E-state index contributed by atoms with van der Waals surface area (Å²) in [5, 5.41) is 17.4. The normalized spacial score (nSPS) is 19.0. The summed E-state index contributed by atoms with van der Waals surface area (Å²) < 4.78 is 21.4. The van der Waals surface area contributed by atoms with Crippen LogP contribution in [-0.2, 0) is 27.2 Å². The van der Waals surface area contributed by atoms with Crippen LogP contribution in [0.4, 0.5) is 4.39 Å². The Hall–Kier alpha value is -3.02. The summed E-state index contributed by atoms with van der Waals surface area (Å²) in [6, 6.07) is 16.0. The van der Waals surface area contributed by atoms with E-state index in [9.17, 15) is 14.2 Å². The van der Waals surface area contributed by atoms with E-state index < -0.39 is 24.1 Å². The molecule has 0 aliphatic carbocycles. The number of nitrogens with one attached hydrogen (secondary N) is 1. The van der Waals surface area contributed by atoms with Gasteiger partial charge in [-0.1, -0.05) is 46.6 Å². The predicted molar refractivity (Wildman–Crippen MR) is 163 cm³/mol.